The summed E-state index contributed by atoms with van der Waals surface area (Å²) < 4.78 is 0. The van der Waals surface area contributed by atoms with E-state index in [0.717, 1.165) is 11.1 Å². The monoisotopic (exact) mass is 367 g/mol. The minimum Gasteiger partial charge on any atom is -0.366 e. The molecule has 0 bridgehead atoms. The average Bonchev–Trinajstić information content (AvgIpc) is 2.64. The Hall–Kier alpha value is -3.15. The van der Waals surface area contributed by atoms with Crippen molar-refractivity contribution in [2.75, 3.05) is 18.4 Å². The zero-order valence-corrected chi connectivity index (χ0v) is 15.9. The van der Waals surface area contributed by atoms with Crippen molar-refractivity contribution >= 4 is 23.4 Å². The Morgan fingerprint density at radius 3 is 2.15 bits per heavy atom. The number of benzene rings is 2. The molecule has 3 amide bonds. The summed E-state index contributed by atoms with van der Waals surface area (Å²) in [4.78, 5) is 37.5. The molecule has 2 aromatic rings. The van der Waals surface area contributed by atoms with E-state index in [9.17, 15) is 14.4 Å². The van der Waals surface area contributed by atoms with E-state index in [4.69, 9.17) is 5.73 Å². The lowest BCUT2D eigenvalue weighted by atomic mass is 10.1. The van der Waals surface area contributed by atoms with Crippen LogP contribution in [0.2, 0.25) is 0 Å². The van der Waals surface area contributed by atoms with Gasteiger partial charge in [0, 0.05) is 36.3 Å². The molecule has 0 saturated heterocycles. The van der Waals surface area contributed by atoms with Gasteiger partial charge in [0.1, 0.15) is 0 Å². The maximum Gasteiger partial charge on any atom is 0.253 e. The lowest BCUT2D eigenvalue weighted by molar-refractivity contribution is -0.116. The molecule has 2 aromatic carbocycles. The van der Waals surface area contributed by atoms with Crippen LogP contribution in [-0.2, 0) is 4.79 Å². The molecule has 0 fully saturated rings. The highest BCUT2D eigenvalue weighted by atomic mass is 16.2. The SMILES string of the molecule is CCN(CCC(=O)Nc1ccc(C(N)=O)cc1)C(=O)c1ccc(C)c(C)c1. The normalized spacial score (nSPS) is 10.3. The Bertz CT molecular complexity index is 844. The molecule has 6 heteroatoms. The molecule has 27 heavy (non-hydrogen) atoms. The van der Waals surface area contributed by atoms with Crippen LogP contribution in [0, 0.1) is 13.8 Å². The van der Waals surface area contributed by atoms with Crippen LogP contribution in [0.25, 0.3) is 0 Å². The van der Waals surface area contributed by atoms with Crippen LogP contribution in [0.3, 0.4) is 0 Å². The van der Waals surface area contributed by atoms with Gasteiger partial charge in [0.2, 0.25) is 11.8 Å². The number of hydrogen-bond acceptors (Lipinski definition) is 3. The summed E-state index contributed by atoms with van der Waals surface area (Å²) in [6, 6.07) is 12.0. The van der Waals surface area contributed by atoms with Crippen molar-refractivity contribution in [2.45, 2.75) is 27.2 Å². The van der Waals surface area contributed by atoms with Crippen LogP contribution in [0.1, 0.15) is 45.2 Å². The fraction of sp³-hybridized carbons (Fsp3) is 0.286. The van der Waals surface area contributed by atoms with Gasteiger partial charge < -0.3 is 16.0 Å². The molecular weight excluding hydrogens is 342 g/mol. The molecule has 0 aliphatic carbocycles. The Balaban J connectivity index is 1.94. The highest BCUT2D eigenvalue weighted by Crippen LogP contribution is 2.13. The molecule has 0 unspecified atom stereocenters. The van der Waals surface area contributed by atoms with Crippen LogP contribution in [0.5, 0.6) is 0 Å². The van der Waals surface area contributed by atoms with Crippen molar-refractivity contribution in [3.05, 3.63) is 64.7 Å². The number of anilines is 1. The minimum atomic E-state index is -0.517. The summed E-state index contributed by atoms with van der Waals surface area (Å²) in [5.74, 6) is -0.802. The Morgan fingerprint density at radius 2 is 1.59 bits per heavy atom. The largest absolute Gasteiger partial charge is 0.366 e. The van der Waals surface area contributed by atoms with Gasteiger partial charge in [-0.1, -0.05) is 6.07 Å². The number of nitrogens with one attached hydrogen (secondary N) is 1. The highest BCUT2D eigenvalue weighted by Gasteiger charge is 2.16. The van der Waals surface area contributed by atoms with Gasteiger partial charge in [-0.15, -0.1) is 0 Å². The molecule has 0 aromatic heterocycles. The number of aryl methyl sites for hydroxylation is 2. The summed E-state index contributed by atoms with van der Waals surface area (Å²) in [7, 11) is 0. The predicted octanol–water partition coefficient (Wildman–Crippen LogP) is 2.89. The molecular formula is C21H25N3O3. The molecule has 0 saturated carbocycles. The van der Waals surface area contributed by atoms with Gasteiger partial charge >= 0.3 is 0 Å². The lowest BCUT2D eigenvalue weighted by Gasteiger charge is -2.21. The zero-order valence-electron chi connectivity index (χ0n) is 15.9. The standard InChI is InChI=1S/C21H25N3O3/c1-4-24(21(27)17-6-5-14(2)15(3)13-17)12-11-19(25)23-18-9-7-16(8-10-18)20(22)26/h5-10,13H,4,11-12H2,1-3H3,(H2,22,26)(H,23,25). The highest BCUT2D eigenvalue weighted by molar-refractivity contribution is 5.96. The summed E-state index contributed by atoms with van der Waals surface area (Å²) >= 11 is 0. The van der Waals surface area contributed by atoms with Gasteiger partial charge in [0.25, 0.3) is 5.91 Å². The van der Waals surface area contributed by atoms with E-state index in [0.29, 0.717) is 29.9 Å². The van der Waals surface area contributed by atoms with Crippen LogP contribution >= 0.6 is 0 Å². The predicted molar refractivity (Wildman–Crippen MR) is 106 cm³/mol. The minimum absolute atomic E-state index is 0.0841. The lowest BCUT2D eigenvalue weighted by Crippen LogP contribution is -2.33. The Kier molecular flexibility index (Phi) is 6.71. The van der Waals surface area contributed by atoms with Gasteiger partial charge in [-0.05, 0) is 68.3 Å². The quantitative estimate of drug-likeness (QED) is 0.788. The second-order valence-corrected chi connectivity index (χ2v) is 6.42. The molecule has 0 aliphatic rings. The Morgan fingerprint density at radius 1 is 0.963 bits per heavy atom. The molecule has 0 heterocycles. The number of carbonyl (C=O) groups is 3. The van der Waals surface area contributed by atoms with Gasteiger partial charge in [0.05, 0.1) is 0 Å². The maximum absolute atomic E-state index is 12.7. The second-order valence-electron chi connectivity index (χ2n) is 6.42. The number of hydrogen-bond donors (Lipinski definition) is 2. The average molecular weight is 367 g/mol. The van der Waals surface area contributed by atoms with Gasteiger partial charge in [0.15, 0.2) is 0 Å². The molecule has 2 rings (SSSR count). The van der Waals surface area contributed by atoms with Crippen LogP contribution < -0.4 is 11.1 Å². The number of carbonyl (C=O) groups excluding carboxylic acids is 3. The van der Waals surface area contributed by atoms with Crippen LogP contribution in [0.4, 0.5) is 5.69 Å². The fourth-order valence-electron chi connectivity index (χ4n) is 2.64. The molecule has 0 aliphatic heterocycles. The number of rotatable bonds is 7. The maximum atomic E-state index is 12.7. The first-order chi connectivity index (χ1) is 12.8. The number of nitrogens with two attached hydrogens (primary N) is 1. The van der Waals surface area contributed by atoms with Crippen molar-refractivity contribution in [2.24, 2.45) is 5.73 Å². The first-order valence-electron chi connectivity index (χ1n) is 8.88. The van der Waals surface area contributed by atoms with E-state index in [1.165, 1.54) is 0 Å². The first kappa shape index (κ1) is 20.2. The molecule has 0 spiro atoms. The van der Waals surface area contributed by atoms with Crippen molar-refractivity contribution in [3.63, 3.8) is 0 Å². The summed E-state index contributed by atoms with van der Waals surface area (Å²) in [5, 5.41) is 2.75. The van der Waals surface area contributed by atoms with E-state index in [1.54, 1.807) is 29.2 Å². The fourth-order valence-corrected chi connectivity index (χ4v) is 2.64. The van der Waals surface area contributed by atoms with E-state index < -0.39 is 5.91 Å². The van der Waals surface area contributed by atoms with Crippen molar-refractivity contribution in [1.82, 2.24) is 4.90 Å². The van der Waals surface area contributed by atoms with Gasteiger partial charge in [-0.3, -0.25) is 14.4 Å². The molecule has 142 valence electrons. The smallest absolute Gasteiger partial charge is 0.253 e. The zero-order chi connectivity index (χ0) is 20.0. The molecule has 6 nitrogen and oxygen atoms in total. The third-order valence-electron chi connectivity index (χ3n) is 4.48. The second kappa shape index (κ2) is 8.98. The van der Waals surface area contributed by atoms with E-state index in [-0.39, 0.29) is 18.2 Å². The topological polar surface area (TPSA) is 92.5 Å². The first-order valence-corrected chi connectivity index (χ1v) is 8.88. The number of amides is 3. The van der Waals surface area contributed by atoms with E-state index in [2.05, 4.69) is 5.32 Å². The summed E-state index contributed by atoms with van der Waals surface area (Å²) in [5.41, 5.74) is 8.97. The molecule has 0 atom stereocenters. The van der Waals surface area contributed by atoms with Crippen molar-refractivity contribution in [3.8, 4) is 0 Å². The van der Waals surface area contributed by atoms with E-state index >= 15 is 0 Å². The summed E-state index contributed by atoms with van der Waals surface area (Å²) in [6.07, 6.45) is 0.183. The van der Waals surface area contributed by atoms with Gasteiger partial charge in [-0.25, -0.2) is 0 Å². The molecule has 3 N–H and O–H groups in total. The Labute approximate surface area is 159 Å². The third kappa shape index (κ3) is 5.41. The van der Waals surface area contributed by atoms with Crippen molar-refractivity contribution < 1.29 is 14.4 Å². The number of primary amides is 1. The van der Waals surface area contributed by atoms with Crippen LogP contribution in [-0.4, -0.2) is 35.7 Å². The number of nitrogens with zero attached hydrogens (tertiary/aromatic N) is 1. The van der Waals surface area contributed by atoms with Crippen LogP contribution in [0.15, 0.2) is 42.5 Å². The third-order valence-corrected chi connectivity index (χ3v) is 4.48. The summed E-state index contributed by atoms with van der Waals surface area (Å²) in [6.45, 7) is 6.71. The van der Waals surface area contributed by atoms with Gasteiger partial charge in [-0.2, -0.15) is 0 Å². The molecule has 0 radical (unpaired) electrons. The van der Waals surface area contributed by atoms with E-state index in [1.807, 2.05) is 39.0 Å². The van der Waals surface area contributed by atoms with Crippen molar-refractivity contribution in [1.29, 1.82) is 0 Å².